The van der Waals surface area contributed by atoms with Crippen LogP contribution in [0.15, 0.2) is 12.3 Å². The SMILES string of the molecule is COc1cc(OC)c(F)c(C#Cc2nn([C@H]3CCN(C(=O)OC(C)(C)C)C3)c3c(C4CC4)cnc(N)c23)c1F. The highest BCUT2D eigenvalue weighted by Gasteiger charge is 2.35. The van der Waals surface area contributed by atoms with E-state index < -0.39 is 22.8 Å². The largest absolute Gasteiger partial charge is 0.493 e. The van der Waals surface area contributed by atoms with Gasteiger partial charge in [0.15, 0.2) is 23.1 Å². The fourth-order valence-corrected chi connectivity index (χ4v) is 4.81. The van der Waals surface area contributed by atoms with Gasteiger partial charge in [-0.25, -0.2) is 18.6 Å². The monoisotopic (exact) mass is 539 g/mol. The summed E-state index contributed by atoms with van der Waals surface area (Å²) < 4.78 is 47.4. The number of nitrogen functional groups attached to an aromatic ring is 1. The molecule has 39 heavy (non-hydrogen) atoms. The summed E-state index contributed by atoms with van der Waals surface area (Å²) in [6.07, 6.45) is 4.05. The van der Waals surface area contributed by atoms with Gasteiger partial charge in [-0.1, -0.05) is 5.92 Å². The number of halogens is 2. The van der Waals surface area contributed by atoms with Gasteiger partial charge in [0.1, 0.15) is 22.7 Å². The first-order valence-electron chi connectivity index (χ1n) is 12.8. The minimum absolute atomic E-state index is 0.166. The number of nitrogens with zero attached hydrogens (tertiary/aromatic N) is 4. The molecule has 0 radical (unpaired) electrons. The van der Waals surface area contributed by atoms with Crippen molar-refractivity contribution in [3.05, 3.63) is 40.7 Å². The third kappa shape index (κ3) is 5.03. The lowest BCUT2D eigenvalue weighted by Gasteiger charge is -2.24. The second kappa shape index (κ2) is 9.91. The number of carbonyl (C=O) groups excluding carboxylic acids is 1. The van der Waals surface area contributed by atoms with Gasteiger partial charge in [-0.3, -0.25) is 4.68 Å². The van der Waals surface area contributed by atoms with Crippen LogP contribution < -0.4 is 15.2 Å². The van der Waals surface area contributed by atoms with E-state index in [1.807, 2.05) is 25.5 Å². The Labute approximate surface area is 225 Å². The van der Waals surface area contributed by atoms with Crippen LogP contribution in [0.5, 0.6) is 11.5 Å². The molecule has 1 aliphatic heterocycles. The molecule has 5 rings (SSSR count). The fraction of sp³-hybridized carbons (Fsp3) is 0.464. The summed E-state index contributed by atoms with van der Waals surface area (Å²) >= 11 is 0. The van der Waals surface area contributed by atoms with Crippen LogP contribution in [0.4, 0.5) is 19.4 Å². The van der Waals surface area contributed by atoms with Crippen molar-refractivity contribution in [3.63, 3.8) is 0 Å². The number of likely N-dealkylation sites (tertiary alicyclic amines) is 1. The molecule has 3 heterocycles. The normalized spacial score (nSPS) is 17.2. The molecule has 2 N–H and O–H groups in total. The van der Waals surface area contributed by atoms with Crippen LogP contribution in [0.2, 0.25) is 0 Å². The Bertz CT molecular complexity index is 1490. The molecule has 2 aliphatic rings. The first kappa shape index (κ1) is 26.5. The molecule has 1 saturated carbocycles. The Kier molecular flexibility index (Phi) is 6.74. The third-order valence-corrected chi connectivity index (χ3v) is 6.84. The molecule has 1 atom stereocenters. The number of fused-ring (bicyclic) bond motifs is 1. The number of carbonyl (C=O) groups is 1. The molecule has 2 fully saturated rings. The van der Waals surface area contributed by atoms with Gasteiger partial charge in [-0.2, -0.15) is 5.10 Å². The molecule has 1 saturated heterocycles. The summed E-state index contributed by atoms with van der Waals surface area (Å²) in [5.74, 6) is 3.67. The van der Waals surface area contributed by atoms with Crippen molar-refractivity contribution >= 4 is 22.8 Å². The lowest BCUT2D eigenvalue weighted by Crippen LogP contribution is -2.35. The van der Waals surface area contributed by atoms with E-state index in [0.717, 1.165) is 30.0 Å². The van der Waals surface area contributed by atoms with E-state index in [-0.39, 0.29) is 35.1 Å². The molecule has 2 aromatic heterocycles. The Morgan fingerprint density at radius 1 is 1.10 bits per heavy atom. The number of pyridine rings is 1. The number of methoxy groups -OCH3 is 2. The smallest absolute Gasteiger partial charge is 0.410 e. The van der Waals surface area contributed by atoms with E-state index >= 15 is 0 Å². The van der Waals surface area contributed by atoms with E-state index in [1.165, 1.54) is 14.2 Å². The molecular formula is C28H31F2N5O4. The zero-order valence-corrected chi connectivity index (χ0v) is 22.6. The maximum absolute atomic E-state index is 15.0. The van der Waals surface area contributed by atoms with Crippen LogP contribution in [0.1, 0.15) is 68.8 Å². The maximum Gasteiger partial charge on any atom is 0.410 e. The highest BCUT2D eigenvalue weighted by atomic mass is 19.1. The van der Waals surface area contributed by atoms with Crippen LogP contribution >= 0.6 is 0 Å². The van der Waals surface area contributed by atoms with E-state index in [0.29, 0.717) is 30.8 Å². The maximum atomic E-state index is 15.0. The number of hydrogen-bond donors (Lipinski definition) is 1. The van der Waals surface area contributed by atoms with Crippen molar-refractivity contribution in [2.24, 2.45) is 0 Å². The van der Waals surface area contributed by atoms with E-state index in [2.05, 4.69) is 16.8 Å². The third-order valence-electron chi connectivity index (χ3n) is 6.84. The fourth-order valence-electron chi connectivity index (χ4n) is 4.81. The summed E-state index contributed by atoms with van der Waals surface area (Å²) in [7, 11) is 2.55. The van der Waals surface area contributed by atoms with Gasteiger partial charge in [0, 0.05) is 25.4 Å². The second-order valence-corrected chi connectivity index (χ2v) is 10.8. The van der Waals surface area contributed by atoms with Crippen molar-refractivity contribution in [2.75, 3.05) is 33.0 Å². The average Bonchev–Trinajstić information content (AvgIpc) is 3.46. The van der Waals surface area contributed by atoms with Gasteiger partial charge < -0.3 is 24.8 Å². The van der Waals surface area contributed by atoms with E-state index in [4.69, 9.17) is 25.0 Å². The number of amides is 1. The molecule has 0 bridgehead atoms. The Morgan fingerprint density at radius 2 is 1.77 bits per heavy atom. The molecular weight excluding hydrogens is 508 g/mol. The molecule has 1 amide bonds. The number of nitrogens with two attached hydrogens (primary N) is 1. The molecule has 9 nitrogen and oxygen atoms in total. The predicted octanol–water partition coefficient (Wildman–Crippen LogP) is 4.77. The van der Waals surface area contributed by atoms with E-state index in [1.54, 1.807) is 11.1 Å². The summed E-state index contributed by atoms with van der Waals surface area (Å²) in [4.78, 5) is 18.7. The van der Waals surface area contributed by atoms with Gasteiger partial charge in [-0.05, 0) is 57.4 Å². The van der Waals surface area contributed by atoms with Crippen LogP contribution in [-0.2, 0) is 4.74 Å². The van der Waals surface area contributed by atoms with Crippen LogP contribution in [0.25, 0.3) is 10.9 Å². The van der Waals surface area contributed by atoms with E-state index in [9.17, 15) is 13.6 Å². The molecule has 0 unspecified atom stereocenters. The molecule has 1 aliphatic carbocycles. The molecule has 0 spiro atoms. The molecule has 11 heteroatoms. The minimum Gasteiger partial charge on any atom is -0.493 e. The van der Waals surface area contributed by atoms with Crippen molar-refractivity contribution < 1.29 is 27.8 Å². The Hall–Kier alpha value is -4.07. The standard InChI is InChI=1S/C28H31F2N5O4/c1-28(2,3)39-27(36)34-11-10-16(14-34)35-25-18(15-6-7-15)13-32-26(31)22(25)19(33-35)9-8-17-23(29)20(37-4)12-21(38-5)24(17)30/h12-13,15-16H,6-7,10-11,14H2,1-5H3,(H2,31,32)/t16-/m0/s1. The minimum atomic E-state index is -0.944. The number of aromatic nitrogens is 3. The van der Waals surface area contributed by atoms with Gasteiger partial charge in [-0.15, -0.1) is 0 Å². The first-order valence-corrected chi connectivity index (χ1v) is 12.8. The van der Waals surface area contributed by atoms with Gasteiger partial charge >= 0.3 is 6.09 Å². The van der Waals surface area contributed by atoms with Gasteiger partial charge in [0.05, 0.1) is 31.2 Å². The topological polar surface area (TPSA) is 105 Å². The van der Waals surface area contributed by atoms with Crippen molar-refractivity contribution in [1.82, 2.24) is 19.7 Å². The first-order chi connectivity index (χ1) is 18.5. The van der Waals surface area contributed by atoms with Crippen LogP contribution in [0.3, 0.4) is 0 Å². The number of ether oxygens (including phenoxy) is 3. The van der Waals surface area contributed by atoms with Crippen LogP contribution in [0, 0.1) is 23.5 Å². The quantitative estimate of drug-likeness (QED) is 0.477. The van der Waals surface area contributed by atoms with Crippen molar-refractivity contribution in [2.45, 2.75) is 57.6 Å². The predicted molar refractivity (Wildman–Crippen MR) is 141 cm³/mol. The second-order valence-electron chi connectivity index (χ2n) is 10.8. The number of benzene rings is 1. The highest BCUT2D eigenvalue weighted by Crippen LogP contribution is 2.45. The average molecular weight is 540 g/mol. The zero-order chi connectivity index (χ0) is 28.1. The Morgan fingerprint density at radius 3 is 2.36 bits per heavy atom. The summed E-state index contributed by atoms with van der Waals surface area (Å²) in [5, 5.41) is 5.29. The zero-order valence-electron chi connectivity index (χ0n) is 22.6. The number of anilines is 1. The van der Waals surface area contributed by atoms with Gasteiger partial charge in [0.25, 0.3) is 0 Å². The lowest BCUT2D eigenvalue weighted by atomic mass is 10.1. The van der Waals surface area contributed by atoms with Gasteiger partial charge in [0.2, 0.25) is 0 Å². The van der Waals surface area contributed by atoms with Crippen LogP contribution in [-0.4, -0.2) is 58.7 Å². The summed E-state index contributed by atoms with van der Waals surface area (Å²) in [6.45, 7) is 6.37. The summed E-state index contributed by atoms with van der Waals surface area (Å²) in [6, 6.07) is 0.959. The summed E-state index contributed by atoms with van der Waals surface area (Å²) in [5.41, 5.74) is 7.23. The number of hydrogen-bond acceptors (Lipinski definition) is 7. The highest BCUT2D eigenvalue weighted by molar-refractivity contribution is 5.95. The van der Waals surface area contributed by atoms with Crippen molar-refractivity contribution in [1.29, 1.82) is 0 Å². The molecule has 1 aromatic carbocycles. The van der Waals surface area contributed by atoms with Crippen molar-refractivity contribution in [3.8, 4) is 23.3 Å². The molecule has 3 aromatic rings. The Balaban J connectivity index is 1.60. The number of rotatable bonds is 4. The lowest BCUT2D eigenvalue weighted by molar-refractivity contribution is 0.0288. The molecule has 206 valence electrons.